The van der Waals surface area contributed by atoms with Crippen molar-refractivity contribution in [2.75, 3.05) is 0 Å². The summed E-state index contributed by atoms with van der Waals surface area (Å²) in [4.78, 5) is 14.0. The largest absolute Gasteiger partial charge is 0.512 e. The summed E-state index contributed by atoms with van der Waals surface area (Å²) in [6.07, 6.45) is 6.10. The molecule has 1 aromatic rings. The summed E-state index contributed by atoms with van der Waals surface area (Å²) in [5.74, 6) is 0.888. The van der Waals surface area contributed by atoms with Crippen molar-refractivity contribution in [3.8, 4) is 5.75 Å². The van der Waals surface area contributed by atoms with Gasteiger partial charge < -0.3 is 9.84 Å². The number of amides is 1. The monoisotopic (exact) mass is 289 g/mol. The van der Waals surface area contributed by atoms with Gasteiger partial charge in [0.2, 0.25) is 0 Å². The molecule has 1 aliphatic carbocycles. The molecule has 1 saturated carbocycles. The molecule has 1 aromatic carbocycles. The fourth-order valence-electron chi connectivity index (χ4n) is 2.45. The molecule has 0 spiro atoms. The van der Waals surface area contributed by atoms with Crippen LogP contribution in [-0.2, 0) is 0 Å². The number of amidine groups is 1. The minimum Gasteiger partial charge on any atom is -0.512 e. The van der Waals surface area contributed by atoms with Gasteiger partial charge >= 0.3 is 6.09 Å². The number of hydrogen-bond donors (Lipinski definition) is 3. The smallest absolute Gasteiger partial charge is 0.510 e. The minimum atomic E-state index is -0.675. The Bertz CT molecular complexity index is 532. The number of ether oxygens (including phenoxy) is 1. The molecule has 112 valence electrons. The molecule has 1 fully saturated rings. The quantitative estimate of drug-likeness (QED) is 0.448. The van der Waals surface area contributed by atoms with Crippen LogP contribution in [0.25, 0.3) is 0 Å². The Balaban J connectivity index is 1.94. The minimum absolute atomic E-state index is 0.0824. The summed E-state index contributed by atoms with van der Waals surface area (Å²) in [7, 11) is 0. The lowest BCUT2D eigenvalue weighted by Crippen LogP contribution is -2.80. The average molecular weight is 289 g/mol. The summed E-state index contributed by atoms with van der Waals surface area (Å²) >= 11 is 0. The molecule has 21 heavy (non-hydrogen) atoms. The number of benzene rings is 1. The zero-order valence-corrected chi connectivity index (χ0v) is 11.9. The molecule has 4 N–H and O–H groups in total. The van der Waals surface area contributed by atoms with Gasteiger partial charge in [-0.25, -0.2) is 0 Å². The van der Waals surface area contributed by atoms with Crippen LogP contribution in [-0.4, -0.2) is 17.0 Å². The van der Waals surface area contributed by atoms with Crippen LogP contribution in [0.3, 0.4) is 0 Å². The average Bonchev–Trinajstić information content (AvgIpc) is 2.48. The van der Waals surface area contributed by atoms with Crippen LogP contribution in [0, 0.1) is 5.92 Å². The Kier molecular flexibility index (Phi) is 5.37. The molecule has 0 aromatic heterocycles. The van der Waals surface area contributed by atoms with Crippen molar-refractivity contribution in [2.45, 2.75) is 32.1 Å². The highest BCUT2D eigenvalue weighted by atomic mass is 16.5. The highest BCUT2D eigenvalue weighted by Crippen LogP contribution is 2.27. The van der Waals surface area contributed by atoms with Gasteiger partial charge in [-0.15, -0.1) is 0 Å². The van der Waals surface area contributed by atoms with E-state index in [1.54, 1.807) is 24.3 Å². The second-order valence-corrected chi connectivity index (χ2v) is 5.19. The molecule has 0 unspecified atom stereocenters. The number of nitrogens with two attached hydrogens (primary N) is 1. The Morgan fingerprint density at radius 2 is 1.90 bits per heavy atom. The molecule has 0 bridgehead atoms. The van der Waals surface area contributed by atoms with E-state index in [9.17, 15) is 9.90 Å². The van der Waals surface area contributed by atoms with Crippen LogP contribution >= 0.6 is 0 Å². The predicted octanol–water partition coefficient (Wildman–Crippen LogP) is 1.65. The van der Waals surface area contributed by atoms with E-state index in [0.717, 1.165) is 25.7 Å². The van der Waals surface area contributed by atoms with Crippen molar-refractivity contribution in [1.82, 2.24) is 0 Å². The van der Waals surface area contributed by atoms with E-state index in [2.05, 4.69) is 4.99 Å². The van der Waals surface area contributed by atoms with Crippen LogP contribution in [0.5, 0.6) is 5.75 Å². The maximum Gasteiger partial charge on any atom is 0.510 e. The van der Waals surface area contributed by atoms with E-state index < -0.39 is 6.09 Å². The second-order valence-electron chi connectivity index (χ2n) is 5.19. The maximum absolute atomic E-state index is 11.6. The zero-order chi connectivity index (χ0) is 15.1. The maximum atomic E-state index is 11.6. The lowest BCUT2D eigenvalue weighted by Gasteiger charge is -2.20. The van der Waals surface area contributed by atoms with Crippen molar-refractivity contribution in [1.29, 1.82) is 0 Å². The van der Waals surface area contributed by atoms with Crippen molar-refractivity contribution < 1.29 is 19.6 Å². The summed E-state index contributed by atoms with van der Waals surface area (Å²) < 4.78 is 5.05. The molecule has 0 aliphatic heterocycles. The fourth-order valence-corrected chi connectivity index (χ4v) is 2.45. The summed E-state index contributed by atoms with van der Waals surface area (Å²) in [5, 5.41) is 10.0. The highest BCUT2D eigenvalue weighted by molar-refractivity contribution is 5.89. The van der Waals surface area contributed by atoms with E-state index in [1.807, 2.05) is 6.07 Å². The number of allylic oxidation sites excluding steroid dienone is 1. The second kappa shape index (κ2) is 7.47. The Labute approximate surface area is 124 Å². The van der Waals surface area contributed by atoms with Crippen LogP contribution in [0.4, 0.5) is 4.79 Å². The van der Waals surface area contributed by atoms with Crippen molar-refractivity contribution in [3.05, 3.63) is 42.2 Å². The van der Waals surface area contributed by atoms with Crippen molar-refractivity contribution >= 4 is 11.9 Å². The van der Waals surface area contributed by atoms with Gasteiger partial charge in [-0.3, -0.25) is 5.73 Å². The van der Waals surface area contributed by atoms with E-state index in [4.69, 9.17) is 10.5 Å². The molecule has 5 nitrogen and oxygen atoms in total. The third-order valence-electron chi connectivity index (χ3n) is 3.53. The molecule has 1 aliphatic rings. The molecule has 1 amide bonds. The summed E-state index contributed by atoms with van der Waals surface area (Å²) in [6, 6.07) is 8.71. The van der Waals surface area contributed by atoms with Crippen molar-refractivity contribution in [2.24, 2.45) is 11.7 Å². The lowest BCUT2D eigenvalue weighted by molar-refractivity contribution is -0.360. The topological polar surface area (TPSA) is 86.5 Å². The number of carbonyl (C=O) groups excluding carboxylic acids is 1. The molecule has 5 heteroatoms. The number of hydrogen-bond acceptors (Lipinski definition) is 3. The normalized spacial score (nSPS) is 17.5. The number of aliphatic hydroxyl groups excluding tert-OH is 1. The van der Waals surface area contributed by atoms with Crippen LogP contribution in [0.15, 0.2) is 42.2 Å². The number of nitrogens with one attached hydrogen (secondary N) is 1. The SMILES string of the molecule is NC(/C=C(\O)C1CCCCC1)=[NH+]C(=O)Oc1ccccc1. The molecule has 2 rings (SSSR count). The van der Waals surface area contributed by atoms with Crippen LogP contribution in [0.2, 0.25) is 0 Å². The molecule has 0 heterocycles. The zero-order valence-electron chi connectivity index (χ0n) is 11.9. The molecular weight excluding hydrogens is 268 g/mol. The molecule has 0 radical (unpaired) electrons. The first kappa shape index (κ1) is 15.1. The Morgan fingerprint density at radius 3 is 2.57 bits per heavy atom. The van der Waals surface area contributed by atoms with Gasteiger partial charge in [-0.2, -0.15) is 9.79 Å². The van der Waals surface area contributed by atoms with E-state index >= 15 is 0 Å². The van der Waals surface area contributed by atoms with E-state index in [0.29, 0.717) is 5.75 Å². The van der Waals surface area contributed by atoms with Gasteiger partial charge in [0.1, 0.15) is 11.5 Å². The van der Waals surface area contributed by atoms with Crippen molar-refractivity contribution in [3.63, 3.8) is 0 Å². The first-order chi connectivity index (χ1) is 10.1. The van der Waals surface area contributed by atoms with Gasteiger partial charge in [-0.05, 0) is 25.0 Å². The van der Waals surface area contributed by atoms with E-state index in [1.165, 1.54) is 12.5 Å². The van der Waals surface area contributed by atoms with Gasteiger partial charge in [0, 0.05) is 5.92 Å². The summed E-state index contributed by atoms with van der Waals surface area (Å²) in [5.41, 5.74) is 5.70. The van der Waals surface area contributed by atoms with Gasteiger partial charge in [0.25, 0.3) is 5.84 Å². The third-order valence-corrected chi connectivity index (χ3v) is 3.53. The predicted molar refractivity (Wildman–Crippen MR) is 79.9 cm³/mol. The molecule has 0 atom stereocenters. The number of carbonyl (C=O) groups is 1. The lowest BCUT2D eigenvalue weighted by atomic mass is 9.88. The first-order valence-corrected chi connectivity index (χ1v) is 7.22. The first-order valence-electron chi connectivity index (χ1n) is 7.22. The number of para-hydroxylation sites is 1. The number of rotatable bonds is 3. The third kappa shape index (κ3) is 4.95. The standard InChI is InChI=1S/C16H20N2O3/c17-15(11-14(19)12-7-3-1-4-8-12)18-16(20)21-13-9-5-2-6-10-13/h2,5-6,9-12,19H,1,3-4,7-8H2,(H2,17,18,20)/p+1/b14-11-. The molecular formula is C16H21N2O3+. The Hall–Kier alpha value is -2.30. The number of aliphatic hydroxyl groups is 1. The van der Waals surface area contributed by atoms with Crippen LogP contribution in [0.1, 0.15) is 32.1 Å². The fraction of sp³-hybridized carbons (Fsp3) is 0.375. The summed E-state index contributed by atoms with van der Waals surface area (Å²) in [6.45, 7) is 0. The van der Waals surface area contributed by atoms with Gasteiger partial charge in [0.15, 0.2) is 0 Å². The molecule has 0 saturated heterocycles. The Morgan fingerprint density at radius 1 is 1.24 bits per heavy atom. The van der Waals surface area contributed by atoms with Crippen LogP contribution < -0.4 is 15.5 Å². The highest BCUT2D eigenvalue weighted by Gasteiger charge is 2.18. The van der Waals surface area contributed by atoms with Gasteiger partial charge in [-0.1, -0.05) is 37.5 Å². The van der Waals surface area contributed by atoms with Gasteiger partial charge in [0.05, 0.1) is 6.08 Å². The van der Waals surface area contributed by atoms with E-state index in [-0.39, 0.29) is 17.5 Å².